The molecule has 0 bridgehead atoms. The number of methoxy groups -OCH3 is 2. The molecule has 10 heteroatoms. The average molecular weight is 489 g/mol. The Morgan fingerprint density at radius 2 is 1.62 bits per heavy atom. The SMILES string of the molecule is COc1ccc(S(=O)(=O)N2CCCC2C(=O)Nc2ccc(N3CCN(C)CC3)cc2)cc1OC. The third-order valence-electron chi connectivity index (χ3n) is 6.47. The second-order valence-electron chi connectivity index (χ2n) is 8.62. The molecule has 184 valence electrons. The molecule has 0 saturated carbocycles. The molecular weight excluding hydrogens is 456 g/mol. The molecule has 2 saturated heterocycles. The van der Waals surface area contributed by atoms with Gasteiger partial charge in [0, 0.05) is 50.2 Å². The molecule has 1 atom stereocenters. The van der Waals surface area contributed by atoms with E-state index in [1.54, 1.807) is 6.07 Å². The van der Waals surface area contributed by atoms with Crippen LogP contribution in [-0.2, 0) is 14.8 Å². The molecule has 2 heterocycles. The van der Waals surface area contributed by atoms with Crippen LogP contribution in [0.5, 0.6) is 11.5 Å². The molecule has 0 aliphatic carbocycles. The molecule has 2 aromatic rings. The maximum absolute atomic E-state index is 13.4. The molecule has 0 aromatic heterocycles. The second kappa shape index (κ2) is 10.2. The Morgan fingerprint density at radius 3 is 2.26 bits per heavy atom. The molecule has 2 fully saturated rings. The van der Waals surface area contributed by atoms with Crippen molar-refractivity contribution in [3.63, 3.8) is 0 Å². The van der Waals surface area contributed by atoms with Crippen LogP contribution in [0.2, 0.25) is 0 Å². The molecular formula is C24H32N4O5S. The van der Waals surface area contributed by atoms with Gasteiger partial charge in [0.2, 0.25) is 15.9 Å². The van der Waals surface area contributed by atoms with E-state index in [4.69, 9.17) is 9.47 Å². The van der Waals surface area contributed by atoms with Crippen molar-refractivity contribution in [2.24, 2.45) is 0 Å². The second-order valence-corrected chi connectivity index (χ2v) is 10.5. The normalized spacial score (nSPS) is 19.7. The van der Waals surface area contributed by atoms with Crippen LogP contribution in [0.3, 0.4) is 0 Å². The minimum Gasteiger partial charge on any atom is -0.493 e. The molecule has 34 heavy (non-hydrogen) atoms. The monoisotopic (exact) mass is 488 g/mol. The van der Waals surface area contributed by atoms with Crippen molar-refractivity contribution >= 4 is 27.3 Å². The van der Waals surface area contributed by atoms with Gasteiger partial charge in [-0.25, -0.2) is 8.42 Å². The van der Waals surface area contributed by atoms with Gasteiger partial charge in [0.15, 0.2) is 11.5 Å². The maximum atomic E-state index is 13.4. The Hall–Kier alpha value is -2.82. The molecule has 0 spiro atoms. The Balaban J connectivity index is 1.46. The first kappa shape index (κ1) is 24.3. The zero-order chi connectivity index (χ0) is 24.3. The Kier molecular flexibility index (Phi) is 7.30. The minimum atomic E-state index is -3.88. The topological polar surface area (TPSA) is 91.4 Å². The number of likely N-dealkylation sites (N-methyl/N-ethyl adjacent to an activating group) is 1. The van der Waals surface area contributed by atoms with Crippen LogP contribution in [0.1, 0.15) is 12.8 Å². The first-order valence-electron chi connectivity index (χ1n) is 11.4. The Bertz CT molecular complexity index is 1110. The van der Waals surface area contributed by atoms with Crippen molar-refractivity contribution in [2.45, 2.75) is 23.8 Å². The van der Waals surface area contributed by atoms with Crippen LogP contribution in [-0.4, -0.2) is 83.6 Å². The number of ether oxygens (including phenoxy) is 2. The molecule has 0 radical (unpaired) electrons. The van der Waals surface area contributed by atoms with Gasteiger partial charge in [-0.3, -0.25) is 4.79 Å². The fraction of sp³-hybridized carbons (Fsp3) is 0.458. The van der Waals surface area contributed by atoms with E-state index in [1.807, 2.05) is 24.3 Å². The molecule has 4 rings (SSSR count). The van der Waals surface area contributed by atoms with Gasteiger partial charge >= 0.3 is 0 Å². The van der Waals surface area contributed by atoms with Gasteiger partial charge in [-0.2, -0.15) is 4.31 Å². The van der Waals surface area contributed by atoms with Crippen molar-refractivity contribution in [3.05, 3.63) is 42.5 Å². The molecule has 2 aromatic carbocycles. The number of carbonyl (C=O) groups excluding carboxylic acids is 1. The summed E-state index contributed by atoms with van der Waals surface area (Å²) in [6.07, 6.45) is 1.09. The highest BCUT2D eigenvalue weighted by Crippen LogP contribution is 2.33. The quantitative estimate of drug-likeness (QED) is 0.639. The van der Waals surface area contributed by atoms with E-state index in [-0.39, 0.29) is 17.3 Å². The third-order valence-corrected chi connectivity index (χ3v) is 8.38. The molecule has 1 N–H and O–H groups in total. The Labute approximate surface area is 201 Å². The smallest absolute Gasteiger partial charge is 0.243 e. The van der Waals surface area contributed by atoms with Crippen molar-refractivity contribution in [1.82, 2.24) is 9.21 Å². The van der Waals surface area contributed by atoms with Crippen LogP contribution in [0.15, 0.2) is 47.4 Å². The van der Waals surface area contributed by atoms with Gasteiger partial charge in [-0.05, 0) is 56.3 Å². The largest absolute Gasteiger partial charge is 0.493 e. The van der Waals surface area contributed by atoms with Crippen molar-refractivity contribution < 1.29 is 22.7 Å². The lowest BCUT2D eigenvalue weighted by molar-refractivity contribution is -0.119. The number of piperazine rings is 1. The van der Waals surface area contributed by atoms with E-state index < -0.39 is 16.1 Å². The highest BCUT2D eigenvalue weighted by atomic mass is 32.2. The van der Waals surface area contributed by atoms with Crippen LogP contribution >= 0.6 is 0 Å². The van der Waals surface area contributed by atoms with Gasteiger partial charge in [-0.1, -0.05) is 0 Å². The number of nitrogens with one attached hydrogen (secondary N) is 1. The van der Waals surface area contributed by atoms with E-state index >= 15 is 0 Å². The number of rotatable bonds is 7. The summed E-state index contributed by atoms with van der Waals surface area (Å²) in [4.78, 5) is 17.8. The van der Waals surface area contributed by atoms with Crippen molar-refractivity contribution in [1.29, 1.82) is 0 Å². The van der Waals surface area contributed by atoms with E-state index in [0.717, 1.165) is 31.9 Å². The highest BCUT2D eigenvalue weighted by Gasteiger charge is 2.39. The summed E-state index contributed by atoms with van der Waals surface area (Å²) in [5, 5.41) is 2.90. The summed E-state index contributed by atoms with van der Waals surface area (Å²) in [6, 6.07) is 11.4. The van der Waals surface area contributed by atoms with E-state index in [9.17, 15) is 13.2 Å². The summed E-state index contributed by atoms with van der Waals surface area (Å²) < 4.78 is 38.4. The fourth-order valence-corrected chi connectivity index (χ4v) is 6.12. The van der Waals surface area contributed by atoms with Crippen LogP contribution in [0, 0.1) is 0 Å². The molecule has 2 aliphatic rings. The summed E-state index contributed by atoms with van der Waals surface area (Å²) in [5.41, 5.74) is 1.77. The van der Waals surface area contributed by atoms with E-state index in [0.29, 0.717) is 30.0 Å². The number of anilines is 2. The van der Waals surface area contributed by atoms with Gasteiger partial charge in [0.1, 0.15) is 6.04 Å². The van der Waals surface area contributed by atoms with Crippen LogP contribution in [0.25, 0.3) is 0 Å². The minimum absolute atomic E-state index is 0.0707. The highest BCUT2D eigenvalue weighted by molar-refractivity contribution is 7.89. The summed E-state index contributed by atoms with van der Waals surface area (Å²) in [7, 11) is 1.18. The van der Waals surface area contributed by atoms with Crippen LogP contribution in [0.4, 0.5) is 11.4 Å². The number of benzene rings is 2. The molecule has 1 amide bonds. The summed E-state index contributed by atoms with van der Waals surface area (Å²) >= 11 is 0. The molecule has 9 nitrogen and oxygen atoms in total. The van der Waals surface area contributed by atoms with E-state index in [1.165, 1.54) is 30.7 Å². The van der Waals surface area contributed by atoms with Gasteiger partial charge in [-0.15, -0.1) is 0 Å². The lowest BCUT2D eigenvalue weighted by Crippen LogP contribution is -2.44. The summed E-state index contributed by atoms with van der Waals surface area (Å²) in [6.45, 7) is 4.26. The number of hydrogen-bond donors (Lipinski definition) is 1. The standard InChI is InChI=1S/C24H32N4O5S/c1-26-13-15-27(16-14-26)19-8-6-18(7-9-19)25-24(29)21-5-4-12-28(21)34(30,31)20-10-11-22(32-2)23(17-20)33-3/h6-11,17,21H,4-5,12-16H2,1-3H3,(H,25,29). The van der Waals surface area contributed by atoms with Gasteiger partial charge in [0.05, 0.1) is 19.1 Å². The average Bonchev–Trinajstić information content (AvgIpc) is 3.36. The zero-order valence-corrected chi connectivity index (χ0v) is 20.7. The van der Waals surface area contributed by atoms with Gasteiger partial charge in [0.25, 0.3) is 0 Å². The lowest BCUT2D eigenvalue weighted by atomic mass is 10.2. The first-order valence-corrected chi connectivity index (χ1v) is 12.9. The third kappa shape index (κ3) is 4.98. The van der Waals surface area contributed by atoms with E-state index in [2.05, 4.69) is 22.2 Å². The number of sulfonamides is 1. The zero-order valence-electron chi connectivity index (χ0n) is 19.9. The molecule has 2 aliphatic heterocycles. The number of nitrogens with zero attached hydrogens (tertiary/aromatic N) is 3. The lowest BCUT2D eigenvalue weighted by Gasteiger charge is -2.34. The van der Waals surface area contributed by atoms with Gasteiger partial charge < -0.3 is 24.6 Å². The van der Waals surface area contributed by atoms with Crippen molar-refractivity contribution in [3.8, 4) is 11.5 Å². The number of carbonyl (C=O) groups is 1. The fourth-order valence-electron chi connectivity index (χ4n) is 4.45. The Morgan fingerprint density at radius 1 is 0.941 bits per heavy atom. The number of amides is 1. The number of hydrogen-bond acceptors (Lipinski definition) is 7. The predicted molar refractivity (Wildman–Crippen MR) is 131 cm³/mol. The molecule has 1 unspecified atom stereocenters. The first-order chi connectivity index (χ1) is 16.3. The van der Waals surface area contributed by atoms with Crippen LogP contribution < -0.4 is 19.7 Å². The maximum Gasteiger partial charge on any atom is 0.243 e. The predicted octanol–water partition coefficient (Wildman–Crippen LogP) is 2.25. The van der Waals surface area contributed by atoms with Crippen molar-refractivity contribution in [2.75, 3.05) is 64.2 Å². The summed E-state index contributed by atoms with van der Waals surface area (Å²) in [5.74, 6) is 0.440.